The lowest BCUT2D eigenvalue weighted by Crippen LogP contribution is -3.00. The SMILES string of the molecule is CCCCCCCCCCCC[N+](C)(C)CCOc1c(Br)cc(Br)cc1C=O.[Br-]. The third kappa shape index (κ3) is 13.2. The van der Waals surface area contributed by atoms with Gasteiger partial charge in [0.05, 0.1) is 30.7 Å². The molecule has 0 fully saturated rings. The van der Waals surface area contributed by atoms with Crippen molar-refractivity contribution in [3.8, 4) is 5.75 Å². The summed E-state index contributed by atoms with van der Waals surface area (Å²) in [6.07, 6.45) is 14.5. The molecule has 29 heavy (non-hydrogen) atoms. The van der Waals surface area contributed by atoms with Crippen molar-refractivity contribution in [2.45, 2.75) is 71.1 Å². The van der Waals surface area contributed by atoms with Crippen LogP contribution in [0.1, 0.15) is 81.5 Å². The van der Waals surface area contributed by atoms with Gasteiger partial charge in [-0.2, -0.15) is 0 Å². The van der Waals surface area contributed by atoms with E-state index in [-0.39, 0.29) is 17.0 Å². The summed E-state index contributed by atoms with van der Waals surface area (Å²) in [6, 6.07) is 3.70. The quantitative estimate of drug-likeness (QED) is 0.160. The number of ether oxygens (including phenoxy) is 1. The topological polar surface area (TPSA) is 26.3 Å². The average molecular weight is 600 g/mol. The van der Waals surface area contributed by atoms with E-state index in [2.05, 4.69) is 52.9 Å². The fraction of sp³-hybridized carbons (Fsp3) is 0.696. The Balaban J connectivity index is 0.00000784. The van der Waals surface area contributed by atoms with Gasteiger partial charge in [-0.15, -0.1) is 0 Å². The van der Waals surface area contributed by atoms with E-state index in [1.165, 1.54) is 70.8 Å². The lowest BCUT2D eigenvalue weighted by atomic mass is 10.1. The highest BCUT2D eigenvalue weighted by Gasteiger charge is 2.16. The van der Waals surface area contributed by atoms with Crippen LogP contribution < -0.4 is 21.7 Å². The molecule has 0 aliphatic rings. The molecule has 0 spiro atoms. The predicted octanol–water partition coefficient (Wildman–Crippen LogP) is 4.40. The molecule has 0 saturated heterocycles. The van der Waals surface area contributed by atoms with Crippen LogP contribution in [-0.4, -0.2) is 44.6 Å². The Morgan fingerprint density at radius 1 is 0.897 bits per heavy atom. The molecule has 6 heteroatoms. The highest BCUT2D eigenvalue weighted by molar-refractivity contribution is 9.11. The maximum absolute atomic E-state index is 11.3. The molecule has 0 aromatic heterocycles. The molecule has 0 aliphatic carbocycles. The van der Waals surface area contributed by atoms with Crippen molar-refractivity contribution in [3.63, 3.8) is 0 Å². The van der Waals surface area contributed by atoms with Crippen LogP contribution in [0.5, 0.6) is 5.75 Å². The molecular weight excluding hydrogens is 562 g/mol. The summed E-state index contributed by atoms with van der Waals surface area (Å²) in [5.41, 5.74) is 0.571. The Bertz CT molecular complexity index is 579. The molecule has 0 amide bonds. The van der Waals surface area contributed by atoms with Crippen LogP contribution in [0.3, 0.4) is 0 Å². The van der Waals surface area contributed by atoms with Crippen LogP contribution in [0, 0.1) is 0 Å². The van der Waals surface area contributed by atoms with E-state index in [0.717, 1.165) is 26.3 Å². The first-order chi connectivity index (χ1) is 13.4. The van der Waals surface area contributed by atoms with Crippen molar-refractivity contribution in [2.75, 3.05) is 33.8 Å². The molecule has 1 aromatic carbocycles. The third-order valence-corrected chi connectivity index (χ3v) is 6.27. The molecule has 0 heterocycles. The van der Waals surface area contributed by atoms with E-state index in [1.54, 1.807) is 6.07 Å². The predicted molar refractivity (Wildman–Crippen MR) is 126 cm³/mol. The monoisotopic (exact) mass is 597 g/mol. The van der Waals surface area contributed by atoms with Crippen molar-refractivity contribution < 1.29 is 31.0 Å². The lowest BCUT2D eigenvalue weighted by Gasteiger charge is -2.30. The summed E-state index contributed by atoms with van der Waals surface area (Å²) in [4.78, 5) is 11.3. The van der Waals surface area contributed by atoms with Gasteiger partial charge in [0, 0.05) is 4.47 Å². The molecule has 0 unspecified atom stereocenters. The Kier molecular flexibility index (Phi) is 16.8. The minimum absolute atomic E-state index is 0. The fourth-order valence-electron chi connectivity index (χ4n) is 3.35. The fourth-order valence-corrected chi connectivity index (χ4v) is 4.73. The molecule has 0 saturated carbocycles. The van der Waals surface area contributed by atoms with Gasteiger partial charge >= 0.3 is 0 Å². The molecule has 0 bridgehead atoms. The van der Waals surface area contributed by atoms with Gasteiger partial charge in [0.1, 0.15) is 18.9 Å². The standard InChI is InChI=1S/C23H38Br2NO2.BrH/c1-4-5-6-7-8-9-10-11-12-13-14-26(2,3)15-16-28-23-20(19-27)17-21(24)18-22(23)25;/h17-19H,4-16H2,1-3H3;1H/q+1;/p-1. The van der Waals surface area contributed by atoms with Crippen molar-refractivity contribution in [3.05, 3.63) is 26.6 Å². The third-order valence-electron chi connectivity index (χ3n) is 5.22. The van der Waals surface area contributed by atoms with Crippen LogP contribution >= 0.6 is 31.9 Å². The van der Waals surface area contributed by atoms with Crippen molar-refractivity contribution in [1.29, 1.82) is 0 Å². The van der Waals surface area contributed by atoms with Gasteiger partial charge in [0.2, 0.25) is 0 Å². The van der Waals surface area contributed by atoms with Gasteiger partial charge in [-0.3, -0.25) is 4.79 Å². The molecule has 0 radical (unpaired) electrons. The number of quaternary nitrogens is 1. The largest absolute Gasteiger partial charge is 1.00 e. The normalized spacial score (nSPS) is 11.2. The molecule has 1 rings (SSSR count). The zero-order valence-electron chi connectivity index (χ0n) is 18.3. The summed E-state index contributed by atoms with van der Waals surface area (Å²) >= 11 is 6.89. The molecule has 0 aliphatic heterocycles. The number of hydrogen-bond donors (Lipinski definition) is 0. The first kappa shape index (κ1) is 29.1. The number of nitrogens with zero attached hydrogens (tertiary/aromatic N) is 1. The van der Waals surface area contributed by atoms with Gasteiger partial charge < -0.3 is 26.2 Å². The van der Waals surface area contributed by atoms with Crippen LogP contribution in [0.2, 0.25) is 0 Å². The average Bonchev–Trinajstić information content (AvgIpc) is 2.64. The van der Waals surface area contributed by atoms with E-state index in [9.17, 15) is 4.79 Å². The number of benzene rings is 1. The number of carbonyl (C=O) groups excluding carboxylic acids is 1. The summed E-state index contributed by atoms with van der Waals surface area (Å²) in [5.74, 6) is 0.636. The second-order valence-corrected chi connectivity index (χ2v) is 10.1. The molecule has 1 aromatic rings. The van der Waals surface area contributed by atoms with Gasteiger partial charge in [-0.25, -0.2) is 0 Å². The van der Waals surface area contributed by atoms with Crippen LogP contribution in [-0.2, 0) is 0 Å². The number of unbranched alkanes of at least 4 members (excludes halogenated alkanes) is 9. The van der Waals surface area contributed by atoms with Crippen molar-refractivity contribution >= 4 is 38.1 Å². The van der Waals surface area contributed by atoms with Gasteiger partial charge in [-0.1, -0.05) is 74.2 Å². The van der Waals surface area contributed by atoms with E-state index in [4.69, 9.17) is 4.74 Å². The minimum atomic E-state index is 0. The van der Waals surface area contributed by atoms with E-state index >= 15 is 0 Å². The number of likely N-dealkylation sites (N-methyl/N-ethyl adjacent to an activating group) is 1. The first-order valence-electron chi connectivity index (χ1n) is 10.8. The number of carbonyl (C=O) groups is 1. The van der Waals surface area contributed by atoms with E-state index in [1.807, 2.05) is 6.07 Å². The molecular formula is C23H38Br3NO2. The van der Waals surface area contributed by atoms with Crippen molar-refractivity contribution in [1.82, 2.24) is 0 Å². The maximum atomic E-state index is 11.3. The second kappa shape index (κ2) is 16.7. The zero-order chi connectivity index (χ0) is 20.8. The van der Waals surface area contributed by atoms with E-state index < -0.39 is 0 Å². The molecule has 0 atom stereocenters. The number of rotatable bonds is 16. The summed E-state index contributed by atoms with van der Waals surface area (Å²) in [5, 5.41) is 0. The maximum Gasteiger partial charge on any atom is 0.153 e. The van der Waals surface area contributed by atoms with Gasteiger partial charge in [0.15, 0.2) is 6.29 Å². The number of halogens is 3. The lowest BCUT2D eigenvalue weighted by molar-refractivity contribution is -0.890. The second-order valence-electron chi connectivity index (χ2n) is 8.34. The van der Waals surface area contributed by atoms with Crippen LogP contribution in [0.15, 0.2) is 21.1 Å². The van der Waals surface area contributed by atoms with Gasteiger partial charge in [-0.05, 0) is 40.9 Å². The Morgan fingerprint density at radius 3 is 2.00 bits per heavy atom. The smallest absolute Gasteiger partial charge is 0.153 e. The molecule has 168 valence electrons. The Labute approximate surface area is 205 Å². The van der Waals surface area contributed by atoms with E-state index in [0.29, 0.717) is 17.9 Å². The zero-order valence-corrected chi connectivity index (χ0v) is 23.1. The van der Waals surface area contributed by atoms with Crippen LogP contribution in [0.25, 0.3) is 0 Å². The van der Waals surface area contributed by atoms with Crippen LogP contribution in [0.4, 0.5) is 0 Å². The summed E-state index contributed by atoms with van der Waals surface area (Å²) in [6.45, 7) is 4.97. The Morgan fingerprint density at radius 2 is 1.45 bits per heavy atom. The van der Waals surface area contributed by atoms with Crippen molar-refractivity contribution in [2.24, 2.45) is 0 Å². The highest BCUT2D eigenvalue weighted by Crippen LogP contribution is 2.32. The first-order valence-corrected chi connectivity index (χ1v) is 12.4. The molecule has 0 N–H and O–H groups in total. The minimum Gasteiger partial charge on any atom is -1.00 e. The van der Waals surface area contributed by atoms with Gasteiger partial charge in [0.25, 0.3) is 0 Å². The summed E-state index contributed by atoms with van der Waals surface area (Å²) < 4.78 is 8.56. The number of hydrogen-bond acceptors (Lipinski definition) is 2. The number of aldehydes is 1. The summed E-state index contributed by atoms with van der Waals surface area (Å²) in [7, 11) is 4.52. The molecule has 3 nitrogen and oxygen atoms in total. The Hall–Kier alpha value is 0.0900. The highest BCUT2D eigenvalue weighted by atomic mass is 79.9.